The summed E-state index contributed by atoms with van der Waals surface area (Å²) in [5.41, 5.74) is 8.93. The molecule has 6 heteroatoms. The standard InChI is InChI=1S/C27H29N3O3/c1-2-33-24-12-6-5-11-23(24)25(31)30-16-13-27(14-17-30,26(28)32)18-20-8-3-4-10-22(20)21-9-7-15-29-19-21/h3-12,15,19H,2,13-14,16-18H2,1H3,(H2,28,32). The number of nitrogens with two attached hydrogens (primary N) is 1. The van der Waals surface area contributed by atoms with Gasteiger partial charge in [-0.15, -0.1) is 0 Å². The van der Waals surface area contributed by atoms with E-state index < -0.39 is 5.41 Å². The van der Waals surface area contributed by atoms with Crippen molar-refractivity contribution >= 4 is 11.8 Å². The molecule has 1 aliphatic rings. The Morgan fingerprint density at radius 3 is 2.45 bits per heavy atom. The van der Waals surface area contributed by atoms with Gasteiger partial charge in [0.25, 0.3) is 5.91 Å². The van der Waals surface area contributed by atoms with Gasteiger partial charge >= 0.3 is 0 Å². The second-order valence-electron chi connectivity index (χ2n) is 8.44. The predicted molar refractivity (Wildman–Crippen MR) is 128 cm³/mol. The van der Waals surface area contributed by atoms with Crippen molar-refractivity contribution in [2.75, 3.05) is 19.7 Å². The molecule has 0 bridgehead atoms. The quantitative estimate of drug-likeness (QED) is 0.596. The van der Waals surface area contributed by atoms with Gasteiger partial charge in [0.2, 0.25) is 5.91 Å². The number of nitrogens with zero attached hydrogens (tertiary/aromatic N) is 2. The molecule has 2 aromatic carbocycles. The number of rotatable bonds is 7. The number of para-hydroxylation sites is 1. The number of ether oxygens (including phenoxy) is 1. The third kappa shape index (κ3) is 4.75. The first-order chi connectivity index (χ1) is 16.0. The zero-order valence-electron chi connectivity index (χ0n) is 18.9. The molecular formula is C27H29N3O3. The van der Waals surface area contributed by atoms with E-state index in [-0.39, 0.29) is 11.8 Å². The lowest BCUT2D eigenvalue weighted by molar-refractivity contribution is -0.130. The van der Waals surface area contributed by atoms with E-state index in [0.29, 0.717) is 50.3 Å². The lowest BCUT2D eigenvalue weighted by Crippen LogP contribution is -2.50. The average molecular weight is 444 g/mol. The third-order valence-electron chi connectivity index (χ3n) is 6.47. The highest BCUT2D eigenvalue weighted by Crippen LogP contribution is 2.38. The van der Waals surface area contributed by atoms with E-state index in [1.54, 1.807) is 17.2 Å². The number of pyridine rings is 1. The minimum atomic E-state index is -0.700. The van der Waals surface area contributed by atoms with Crippen molar-refractivity contribution in [1.29, 1.82) is 0 Å². The molecule has 0 atom stereocenters. The molecule has 170 valence electrons. The average Bonchev–Trinajstić information content (AvgIpc) is 2.85. The van der Waals surface area contributed by atoms with E-state index >= 15 is 0 Å². The number of carbonyl (C=O) groups excluding carboxylic acids is 2. The van der Waals surface area contributed by atoms with E-state index in [4.69, 9.17) is 10.5 Å². The molecule has 33 heavy (non-hydrogen) atoms. The van der Waals surface area contributed by atoms with Crippen LogP contribution in [-0.4, -0.2) is 41.4 Å². The summed E-state index contributed by atoms with van der Waals surface area (Å²) >= 11 is 0. The first kappa shape index (κ1) is 22.5. The van der Waals surface area contributed by atoms with Crippen molar-refractivity contribution in [3.8, 4) is 16.9 Å². The predicted octanol–water partition coefficient (Wildman–Crippen LogP) is 4.10. The van der Waals surface area contributed by atoms with E-state index in [0.717, 1.165) is 16.7 Å². The van der Waals surface area contributed by atoms with E-state index in [9.17, 15) is 9.59 Å². The molecule has 1 aliphatic heterocycles. The zero-order valence-corrected chi connectivity index (χ0v) is 18.9. The van der Waals surface area contributed by atoms with Crippen molar-refractivity contribution in [2.24, 2.45) is 11.1 Å². The van der Waals surface area contributed by atoms with Gasteiger partial charge in [0.05, 0.1) is 17.6 Å². The highest BCUT2D eigenvalue weighted by atomic mass is 16.5. The Bertz CT molecular complexity index is 1120. The van der Waals surface area contributed by atoms with Crippen LogP contribution >= 0.6 is 0 Å². The molecule has 2 heterocycles. The molecule has 0 radical (unpaired) electrons. The molecule has 4 rings (SSSR count). The number of amides is 2. The molecule has 6 nitrogen and oxygen atoms in total. The number of piperidine rings is 1. The normalized spacial score (nSPS) is 15.1. The van der Waals surface area contributed by atoms with Crippen LogP contribution in [-0.2, 0) is 11.2 Å². The fourth-order valence-electron chi connectivity index (χ4n) is 4.59. The smallest absolute Gasteiger partial charge is 0.257 e. The zero-order chi connectivity index (χ0) is 23.3. The molecule has 0 saturated carbocycles. The summed E-state index contributed by atoms with van der Waals surface area (Å²) in [6.07, 6.45) is 5.14. The number of benzene rings is 2. The SMILES string of the molecule is CCOc1ccccc1C(=O)N1CCC(Cc2ccccc2-c2cccnc2)(C(N)=O)CC1. The molecule has 1 saturated heterocycles. The van der Waals surface area contributed by atoms with Gasteiger partial charge < -0.3 is 15.4 Å². The minimum absolute atomic E-state index is 0.0760. The van der Waals surface area contributed by atoms with Crippen molar-refractivity contribution < 1.29 is 14.3 Å². The van der Waals surface area contributed by atoms with Gasteiger partial charge in [-0.25, -0.2) is 0 Å². The van der Waals surface area contributed by atoms with Crippen molar-refractivity contribution in [3.63, 3.8) is 0 Å². The number of likely N-dealkylation sites (tertiary alicyclic amines) is 1. The molecular weight excluding hydrogens is 414 g/mol. The minimum Gasteiger partial charge on any atom is -0.493 e. The lowest BCUT2D eigenvalue weighted by atomic mass is 9.72. The van der Waals surface area contributed by atoms with Gasteiger partial charge in [-0.1, -0.05) is 42.5 Å². The highest BCUT2D eigenvalue weighted by molar-refractivity contribution is 5.97. The highest BCUT2D eigenvalue weighted by Gasteiger charge is 2.41. The third-order valence-corrected chi connectivity index (χ3v) is 6.47. The second kappa shape index (κ2) is 9.86. The van der Waals surface area contributed by atoms with Crippen LogP contribution in [0.2, 0.25) is 0 Å². The van der Waals surface area contributed by atoms with Crippen LogP contribution in [0.15, 0.2) is 73.1 Å². The molecule has 1 aromatic heterocycles. The Hall–Kier alpha value is -3.67. The van der Waals surface area contributed by atoms with Crippen molar-refractivity contribution in [1.82, 2.24) is 9.88 Å². The van der Waals surface area contributed by atoms with Crippen molar-refractivity contribution in [3.05, 3.63) is 84.2 Å². The van der Waals surface area contributed by atoms with Crippen LogP contribution in [0.1, 0.15) is 35.7 Å². The molecule has 1 fully saturated rings. The first-order valence-electron chi connectivity index (χ1n) is 11.3. The monoisotopic (exact) mass is 443 g/mol. The molecule has 0 spiro atoms. The number of hydrogen-bond acceptors (Lipinski definition) is 4. The van der Waals surface area contributed by atoms with E-state index in [2.05, 4.69) is 4.98 Å². The topological polar surface area (TPSA) is 85.5 Å². The first-order valence-corrected chi connectivity index (χ1v) is 11.3. The Morgan fingerprint density at radius 1 is 1.03 bits per heavy atom. The summed E-state index contributed by atoms with van der Waals surface area (Å²) in [5.74, 6) is 0.195. The fourth-order valence-corrected chi connectivity index (χ4v) is 4.59. The number of primary amides is 1. The van der Waals surface area contributed by atoms with Crippen LogP contribution in [0.25, 0.3) is 11.1 Å². The van der Waals surface area contributed by atoms with Gasteiger partial charge in [0.15, 0.2) is 0 Å². The summed E-state index contributed by atoms with van der Waals surface area (Å²) in [5, 5.41) is 0. The second-order valence-corrected chi connectivity index (χ2v) is 8.44. The van der Waals surface area contributed by atoms with Gasteiger partial charge in [-0.3, -0.25) is 14.6 Å². The number of carbonyl (C=O) groups is 2. The van der Waals surface area contributed by atoms with Crippen LogP contribution in [0.3, 0.4) is 0 Å². The van der Waals surface area contributed by atoms with Gasteiger partial charge in [0, 0.05) is 31.0 Å². The number of aromatic nitrogens is 1. The molecule has 2 amide bonds. The summed E-state index contributed by atoms with van der Waals surface area (Å²) in [6, 6.07) is 19.3. The Morgan fingerprint density at radius 2 is 1.76 bits per heavy atom. The largest absolute Gasteiger partial charge is 0.493 e. The van der Waals surface area contributed by atoms with Crippen LogP contribution in [0, 0.1) is 5.41 Å². The number of hydrogen-bond donors (Lipinski definition) is 1. The van der Waals surface area contributed by atoms with Gasteiger partial charge in [-0.05, 0) is 55.5 Å². The maximum absolute atomic E-state index is 13.2. The molecule has 2 N–H and O–H groups in total. The van der Waals surface area contributed by atoms with Crippen LogP contribution < -0.4 is 10.5 Å². The van der Waals surface area contributed by atoms with Crippen LogP contribution in [0.4, 0.5) is 0 Å². The van der Waals surface area contributed by atoms with Crippen molar-refractivity contribution in [2.45, 2.75) is 26.2 Å². The Labute approximate surface area is 194 Å². The maximum atomic E-state index is 13.2. The Balaban J connectivity index is 1.54. The van der Waals surface area contributed by atoms with E-state index in [1.807, 2.05) is 67.7 Å². The summed E-state index contributed by atoms with van der Waals surface area (Å²) < 4.78 is 5.64. The summed E-state index contributed by atoms with van der Waals surface area (Å²) in [6.45, 7) is 3.33. The van der Waals surface area contributed by atoms with Gasteiger partial charge in [0.1, 0.15) is 5.75 Å². The Kier molecular flexibility index (Phi) is 6.73. The maximum Gasteiger partial charge on any atom is 0.257 e. The fraction of sp³-hybridized carbons (Fsp3) is 0.296. The molecule has 0 aliphatic carbocycles. The summed E-state index contributed by atoms with van der Waals surface area (Å²) in [7, 11) is 0. The van der Waals surface area contributed by atoms with Gasteiger partial charge in [-0.2, -0.15) is 0 Å². The van der Waals surface area contributed by atoms with E-state index in [1.165, 1.54) is 0 Å². The molecule has 0 unspecified atom stereocenters. The van der Waals surface area contributed by atoms with Crippen LogP contribution in [0.5, 0.6) is 5.75 Å². The molecule has 3 aromatic rings. The summed E-state index contributed by atoms with van der Waals surface area (Å²) in [4.78, 5) is 31.9. The lowest BCUT2D eigenvalue weighted by Gasteiger charge is -2.40.